The molecule has 0 atom stereocenters. The summed E-state index contributed by atoms with van der Waals surface area (Å²) in [5.41, 5.74) is 0.544. The van der Waals surface area contributed by atoms with Crippen molar-refractivity contribution in [2.75, 3.05) is 0 Å². The fourth-order valence-electron chi connectivity index (χ4n) is 1.03. The van der Waals surface area contributed by atoms with Crippen LogP contribution in [0, 0.1) is 0 Å². The number of hydrogen-bond acceptors (Lipinski definition) is 3. The van der Waals surface area contributed by atoms with Gasteiger partial charge in [-0.2, -0.15) is 0 Å². The van der Waals surface area contributed by atoms with Gasteiger partial charge in [-0.25, -0.2) is 0 Å². The van der Waals surface area contributed by atoms with E-state index in [9.17, 15) is 5.11 Å². The SMILES string of the molecule is Oc1cccnc1-c1sccc1Cl. The van der Waals surface area contributed by atoms with Crippen LogP contribution in [0.5, 0.6) is 5.75 Å². The molecule has 2 aromatic heterocycles. The lowest BCUT2D eigenvalue weighted by Gasteiger charge is -1.99. The zero-order chi connectivity index (χ0) is 9.26. The smallest absolute Gasteiger partial charge is 0.142 e. The van der Waals surface area contributed by atoms with Gasteiger partial charge in [0.1, 0.15) is 11.4 Å². The molecule has 4 heteroatoms. The Morgan fingerprint density at radius 2 is 2.23 bits per heavy atom. The van der Waals surface area contributed by atoms with Gasteiger partial charge in [0.2, 0.25) is 0 Å². The van der Waals surface area contributed by atoms with Crippen LogP contribution in [0.1, 0.15) is 0 Å². The second-order valence-corrected chi connectivity index (χ2v) is 3.79. The molecule has 2 heterocycles. The summed E-state index contributed by atoms with van der Waals surface area (Å²) in [7, 11) is 0. The summed E-state index contributed by atoms with van der Waals surface area (Å²) in [5, 5.41) is 12.0. The minimum absolute atomic E-state index is 0.159. The van der Waals surface area contributed by atoms with Gasteiger partial charge in [-0.3, -0.25) is 4.98 Å². The van der Waals surface area contributed by atoms with E-state index in [0.29, 0.717) is 10.7 Å². The monoisotopic (exact) mass is 211 g/mol. The highest BCUT2D eigenvalue weighted by Crippen LogP contribution is 2.36. The van der Waals surface area contributed by atoms with Crippen LogP contribution in [0.3, 0.4) is 0 Å². The summed E-state index contributed by atoms with van der Waals surface area (Å²) in [6.45, 7) is 0. The molecular formula is C9H6ClNOS. The molecule has 0 saturated carbocycles. The zero-order valence-electron chi connectivity index (χ0n) is 6.57. The molecule has 2 nitrogen and oxygen atoms in total. The molecular weight excluding hydrogens is 206 g/mol. The van der Waals surface area contributed by atoms with Crippen LogP contribution in [0.4, 0.5) is 0 Å². The van der Waals surface area contributed by atoms with Crippen LogP contribution >= 0.6 is 22.9 Å². The molecule has 0 amide bonds. The third kappa shape index (κ3) is 1.53. The molecule has 0 aromatic carbocycles. The first kappa shape index (κ1) is 8.53. The van der Waals surface area contributed by atoms with E-state index in [0.717, 1.165) is 4.88 Å². The minimum Gasteiger partial charge on any atom is -0.506 e. The molecule has 0 fully saturated rings. The molecule has 0 aliphatic rings. The predicted octanol–water partition coefficient (Wildman–Crippen LogP) is 3.17. The first-order valence-corrected chi connectivity index (χ1v) is 4.92. The average molecular weight is 212 g/mol. The van der Waals surface area contributed by atoms with E-state index in [1.54, 1.807) is 24.4 Å². The molecule has 2 aromatic rings. The maximum absolute atomic E-state index is 9.49. The van der Waals surface area contributed by atoms with Crippen molar-refractivity contribution < 1.29 is 5.11 Å². The Bertz CT molecular complexity index is 427. The van der Waals surface area contributed by atoms with E-state index in [-0.39, 0.29) is 5.75 Å². The van der Waals surface area contributed by atoms with Crippen molar-refractivity contribution in [1.82, 2.24) is 4.98 Å². The molecule has 0 spiro atoms. The van der Waals surface area contributed by atoms with Gasteiger partial charge >= 0.3 is 0 Å². The molecule has 0 bridgehead atoms. The van der Waals surface area contributed by atoms with E-state index < -0.39 is 0 Å². The Morgan fingerprint density at radius 1 is 1.38 bits per heavy atom. The molecule has 13 heavy (non-hydrogen) atoms. The van der Waals surface area contributed by atoms with E-state index in [4.69, 9.17) is 11.6 Å². The summed E-state index contributed by atoms with van der Waals surface area (Å²) in [5.74, 6) is 0.159. The molecule has 0 radical (unpaired) electrons. The van der Waals surface area contributed by atoms with E-state index in [1.165, 1.54) is 11.3 Å². The normalized spacial score (nSPS) is 10.2. The summed E-state index contributed by atoms with van der Waals surface area (Å²) in [6, 6.07) is 5.06. The van der Waals surface area contributed by atoms with Crippen LogP contribution in [0.25, 0.3) is 10.6 Å². The van der Waals surface area contributed by atoms with Gasteiger partial charge in [0.25, 0.3) is 0 Å². The van der Waals surface area contributed by atoms with Gasteiger partial charge < -0.3 is 5.11 Å². The number of nitrogens with zero attached hydrogens (tertiary/aromatic N) is 1. The van der Waals surface area contributed by atoms with Gasteiger partial charge in [-0.15, -0.1) is 11.3 Å². The van der Waals surface area contributed by atoms with Gasteiger partial charge in [0.15, 0.2) is 0 Å². The molecule has 0 aliphatic carbocycles. The maximum atomic E-state index is 9.49. The number of aromatic hydroxyl groups is 1. The number of aromatic nitrogens is 1. The topological polar surface area (TPSA) is 33.1 Å². The Kier molecular flexibility index (Phi) is 2.20. The van der Waals surface area contributed by atoms with Crippen LogP contribution in [-0.4, -0.2) is 10.1 Å². The van der Waals surface area contributed by atoms with Crippen molar-refractivity contribution >= 4 is 22.9 Å². The molecule has 0 unspecified atom stereocenters. The lowest BCUT2D eigenvalue weighted by atomic mass is 10.3. The average Bonchev–Trinajstić information content (AvgIpc) is 2.52. The Balaban J connectivity index is 2.59. The summed E-state index contributed by atoms with van der Waals surface area (Å²) >= 11 is 7.37. The predicted molar refractivity (Wildman–Crippen MR) is 54.2 cm³/mol. The second-order valence-electron chi connectivity index (χ2n) is 2.47. The minimum atomic E-state index is 0.159. The first-order valence-electron chi connectivity index (χ1n) is 3.66. The number of rotatable bonds is 1. The summed E-state index contributed by atoms with van der Waals surface area (Å²) in [4.78, 5) is 4.86. The fourth-order valence-corrected chi connectivity index (χ4v) is 2.19. The fraction of sp³-hybridized carbons (Fsp3) is 0. The summed E-state index contributed by atoms with van der Waals surface area (Å²) in [6.07, 6.45) is 1.63. The quantitative estimate of drug-likeness (QED) is 0.786. The van der Waals surface area contributed by atoms with Gasteiger partial charge in [0, 0.05) is 6.20 Å². The number of thiophene rings is 1. The first-order chi connectivity index (χ1) is 6.29. The maximum Gasteiger partial charge on any atom is 0.142 e. The second kappa shape index (κ2) is 3.36. The van der Waals surface area contributed by atoms with Crippen molar-refractivity contribution in [3.05, 3.63) is 34.8 Å². The van der Waals surface area contributed by atoms with Crippen LogP contribution in [-0.2, 0) is 0 Å². The van der Waals surface area contributed by atoms with E-state index >= 15 is 0 Å². The van der Waals surface area contributed by atoms with Gasteiger partial charge in [-0.05, 0) is 23.6 Å². The van der Waals surface area contributed by atoms with Crippen molar-refractivity contribution in [1.29, 1.82) is 0 Å². The van der Waals surface area contributed by atoms with Gasteiger partial charge in [-0.1, -0.05) is 11.6 Å². The number of hydrogen-bond donors (Lipinski definition) is 1. The highest BCUT2D eigenvalue weighted by atomic mass is 35.5. The third-order valence-electron chi connectivity index (χ3n) is 1.62. The highest BCUT2D eigenvalue weighted by molar-refractivity contribution is 7.14. The van der Waals surface area contributed by atoms with Gasteiger partial charge in [0.05, 0.1) is 9.90 Å². The third-order valence-corrected chi connectivity index (χ3v) is 2.97. The van der Waals surface area contributed by atoms with Crippen LogP contribution in [0.15, 0.2) is 29.8 Å². The number of pyridine rings is 1. The van der Waals surface area contributed by atoms with Crippen molar-refractivity contribution in [2.24, 2.45) is 0 Å². The number of halogens is 1. The Labute approximate surface area is 84.4 Å². The molecule has 66 valence electrons. The van der Waals surface area contributed by atoms with Crippen molar-refractivity contribution in [2.45, 2.75) is 0 Å². The molecule has 0 aliphatic heterocycles. The Hall–Kier alpha value is -1.06. The molecule has 1 N–H and O–H groups in total. The lowest BCUT2D eigenvalue weighted by Crippen LogP contribution is -1.79. The largest absolute Gasteiger partial charge is 0.506 e. The van der Waals surface area contributed by atoms with Crippen LogP contribution in [0.2, 0.25) is 5.02 Å². The van der Waals surface area contributed by atoms with Crippen molar-refractivity contribution in [3.8, 4) is 16.3 Å². The summed E-state index contributed by atoms with van der Waals surface area (Å²) < 4.78 is 0. The molecule has 0 saturated heterocycles. The molecule has 2 rings (SSSR count). The Morgan fingerprint density at radius 3 is 2.85 bits per heavy atom. The lowest BCUT2D eigenvalue weighted by molar-refractivity contribution is 0.475. The zero-order valence-corrected chi connectivity index (χ0v) is 8.14. The van der Waals surface area contributed by atoms with Crippen LogP contribution < -0.4 is 0 Å². The van der Waals surface area contributed by atoms with E-state index in [2.05, 4.69) is 4.98 Å². The van der Waals surface area contributed by atoms with E-state index in [1.807, 2.05) is 5.38 Å². The standard InChI is InChI=1S/C9H6ClNOS/c10-6-3-5-13-9(6)8-7(12)2-1-4-11-8/h1-5,12H. The van der Waals surface area contributed by atoms with Crippen molar-refractivity contribution in [3.63, 3.8) is 0 Å². The highest BCUT2D eigenvalue weighted by Gasteiger charge is 2.09.